The van der Waals surface area contributed by atoms with E-state index in [0.29, 0.717) is 19.6 Å². The van der Waals surface area contributed by atoms with Gasteiger partial charge < -0.3 is 20.4 Å². The second kappa shape index (κ2) is 10.00. The Morgan fingerprint density at radius 1 is 0.963 bits per heavy atom. The summed E-state index contributed by atoms with van der Waals surface area (Å²) in [6.45, 7) is 3.62. The standard InChI is InChI=1S/C21H30N4O2/c26-20(22-12-11-18-7-3-1-4-8-18)17-23-21(27)25-15-13-24(14-16-25)19-9-5-2-6-10-19/h2,5-7,9-10H,1,3-4,8,11-17H2,(H,22,26)(H,23,27). The normalized spacial score (nSPS) is 17.3. The van der Waals surface area contributed by atoms with E-state index in [1.807, 2.05) is 18.2 Å². The van der Waals surface area contributed by atoms with Crippen molar-refractivity contribution in [1.82, 2.24) is 15.5 Å². The highest BCUT2D eigenvalue weighted by Crippen LogP contribution is 2.19. The third-order valence-electron chi connectivity index (χ3n) is 5.24. The highest BCUT2D eigenvalue weighted by molar-refractivity contribution is 5.84. The van der Waals surface area contributed by atoms with Crippen molar-refractivity contribution in [3.05, 3.63) is 42.0 Å². The SMILES string of the molecule is O=C(CNC(=O)N1CCN(c2ccccc2)CC1)NCCC1=CCCCC1. The van der Waals surface area contributed by atoms with Gasteiger partial charge in [0.2, 0.25) is 5.91 Å². The Morgan fingerprint density at radius 3 is 2.44 bits per heavy atom. The molecule has 146 valence electrons. The number of amides is 3. The lowest BCUT2D eigenvalue weighted by molar-refractivity contribution is -0.120. The van der Waals surface area contributed by atoms with E-state index in [9.17, 15) is 9.59 Å². The molecule has 3 amide bonds. The number of nitrogens with one attached hydrogen (secondary N) is 2. The highest BCUT2D eigenvalue weighted by atomic mass is 16.2. The zero-order valence-corrected chi connectivity index (χ0v) is 16.0. The molecule has 1 heterocycles. The molecule has 27 heavy (non-hydrogen) atoms. The van der Waals surface area contributed by atoms with Crippen molar-refractivity contribution >= 4 is 17.6 Å². The number of allylic oxidation sites excluding steroid dienone is 1. The lowest BCUT2D eigenvalue weighted by Gasteiger charge is -2.36. The second-order valence-electron chi connectivity index (χ2n) is 7.18. The zero-order valence-electron chi connectivity index (χ0n) is 16.0. The van der Waals surface area contributed by atoms with Gasteiger partial charge in [-0.1, -0.05) is 29.8 Å². The smallest absolute Gasteiger partial charge is 0.317 e. The first kappa shape index (κ1) is 19.3. The fourth-order valence-corrected chi connectivity index (χ4v) is 3.63. The van der Waals surface area contributed by atoms with Crippen molar-refractivity contribution in [1.29, 1.82) is 0 Å². The number of anilines is 1. The van der Waals surface area contributed by atoms with Gasteiger partial charge in [-0.25, -0.2) is 4.79 Å². The Labute approximate surface area is 161 Å². The number of benzene rings is 1. The monoisotopic (exact) mass is 370 g/mol. The van der Waals surface area contributed by atoms with Crippen LogP contribution in [0.5, 0.6) is 0 Å². The van der Waals surface area contributed by atoms with Gasteiger partial charge >= 0.3 is 6.03 Å². The second-order valence-corrected chi connectivity index (χ2v) is 7.18. The molecule has 0 spiro atoms. The van der Waals surface area contributed by atoms with Crippen LogP contribution in [0.25, 0.3) is 0 Å². The van der Waals surface area contributed by atoms with Crippen molar-refractivity contribution in [2.45, 2.75) is 32.1 Å². The maximum absolute atomic E-state index is 12.3. The van der Waals surface area contributed by atoms with Gasteiger partial charge in [0.25, 0.3) is 0 Å². The quantitative estimate of drug-likeness (QED) is 0.757. The first-order chi connectivity index (χ1) is 13.2. The molecule has 1 aromatic rings. The van der Waals surface area contributed by atoms with Crippen LogP contribution in [0.4, 0.5) is 10.5 Å². The van der Waals surface area contributed by atoms with Gasteiger partial charge in [0.05, 0.1) is 6.54 Å². The Kier molecular flexibility index (Phi) is 7.13. The van der Waals surface area contributed by atoms with Gasteiger partial charge in [0.1, 0.15) is 0 Å². The predicted molar refractivity (Wildman–Crippen MR) is 108 cm³/mol. The molecular weight excluding hydrogens is 340 g/mol. The van der Waals surface area contributed by atoms with Crippen molar-refractivity contribution in [3.63, 3.8) is 0 Å². The molecule has 0 radical (unpaired) electrons. The number of para-hydroxylation sites is 1. The number of hydrogen-bond acceptors (Lipinski definition) is 3. The van der Waals surface area contributed by atoms with E-state index in [1.165, 1.54) is 24.1 Å². The minimum absolute atomic E-state index is 0.0385. The molecule has 1 aromatic carbocycles. The molecule has 2 N–H and O–H groups in total. The van der Waals surface area contributed by atoms with E-state index in [2.05, 4.69) is 33.7 Å². The molecule has 6 heteroatoms. The summed E-state index contributed by atoms with van der Waals surface area (Å²) in [5.41, 5.74) is 2.63. The molecule has 2 aliphatic rings. The van der Waals surface area contributed by atoms with E-state index in [0.717, 1.165) is 32.4 Å². The van der Waals surface area contributed by atoms with Gasteiger partial charge in [-0.15, -0.1) is 0 Å². The first-order valence-corrected chi connectivity index (χ1v) is 10.00. The third kappa shape index (κ3) is 6.01. The van der Waals surface area contributed by atoms with Crippen molar-refractivity contribution < 1.29 is 9.59 Å². The molecule has 0 saturated carbocycles. The van der Waals surface area contributed by atoms with E-state index in [1.54, 1.807) is 4.90 Å². The lowest BCUT2D eigenvalue weighted by atomic mass is 9.97. The first-order valence-electron chi connectivity index (χ1n) is 10.00. The van der Waals surface area contributed by atoms with Crippen LogP contribution in [0.2, 0.25) is 0 Å². The third-order valence-corrected chi connectivity index (χ3v) is 5.24. The fourth-order valence-electron chi connectivity index (χ4n) is 3.63. The van der Waals surface area contributed by atoms with Gasteiger partial charge in [-0.05, 0) is 44.2 Å². The van der Waals surface area contributed by atoms with Crippen LogP contribution in [-0.2, 0) is 4.79 Å². The maximum atomic E-state index is 12.3. The molecule has 3 rings (SSSR count). The Bertz CT molecular complexity index is 651. The molecule has 0 unspecified atom stereocenters. The van der Waals surface area contributed by atoms with Crippen LogP contribution in [0.1, 0.15) is 32.1 Å². The minimum Gasteiger partial charge on any atom is -0.368 e. The summed E-state index contributed by atoms with van der Waals surface area (Å²) in [6, 6.07) is 10.1. The molecule has 0 aromatic heterocycles. The Balaban J connectivity index is 1.31. The van der Waals surface area contributed by atoms with Crippen LogP contribution in [0, 0.1) is 0 Å². The fraction of sp³-hybridized carbons (Fsp3) is 0.524. The predicted octanol–water partition coefficient (Wildman–Crippen LogP) is 2.52. The number of carbonyl (C=O) groups excluding carboxylic acids is 2. The summed E-state index contributed by atoms with van der Waals surface area (Å²) in [5.74, 6) is -0.123. The number of nitrogens with zero attached hydrogens (tertiary/aromatic N) is 2. The topological polar surface area (TPSA) is 64.7 Å². The van der Waals surface area contributed by atoms with E-state index in [4.69, 9.17) is 0 Å². The van der Waals surface area contributed by atoms with Gasteiger partial charge in [-0.2, -0.15) is 0 Å². The summed E-state index contributed by atoms with van der Waals surface area (Å²) >= 11 is 0. The van der Waals surface area contributed by atoms with Gasteiger partial charge in [-0.3, -0.25) is 4.79 Å². The number of piperazine rings is 1. The Hall–Kier alpha value is -2.50. The molecule has 0 bridgehead atoms. The maximum Gasteiger partial charge on any atom is 0.317 e. The van der Waals surface area contributed by atoms with E-state index in [-0.39, 0.29) is 18.5 Å². The van der Waals surface area contributed by atoms with Gasteiger partial charge in [0.15, 0.2) is 0 Å². The minimum atomic E-state index is -0.159. The van der Waals surface area contributed by atoms with Crippen LogP contribution in [-0.4, -0.2) is 56.1 Å². The van der Waals surface area contributed by atoms with Gasteiger partial charge in [0, 0.05) is 38.4 Å². The number of carbonyl (C=O) groups is 2. The summed E-state index contributed by atoms with van der Waals surface area (Å²) in [5, 5.41) is 5.63. The molecule has 1 aliphatic carbocycles. The van der Waals surface area contributed by atoms with Crippen molar-refractivity contribution in [2.75, 3.05) is 44.2 Å². The average molecular weight is 370 g/mol. The number of rotatable bonds is 6. The van der Waals surface area contributed by atoms with E-state index >= 15 is 0 Å². The summed E-state index contributed by atoms with van der Waals surface area (Å²) in [6.07, 6.45) is 8.07. The molecule has 0 atom stereocenters. The zero-order chi connectivity index (χ0) is 18.9. The molecule has 1 saturated heterocycles. The molecular formula is C21H30N4O2. The number of hydrogen-bond donors (Lipinski definition) is 2. The average Bonchev–Trinajstić information content (AvgIpc) is 2.73. The van der Waals surface area contributed by atoms with Crippen molar-refractivity contribution in [2.24, 2.45) is 0 Å². The molecule has 6 nitrogen and oxygen atoms in total. The summed E-state index contributed by atoms with van der Waals surface area (Å²) < 4.78 is 0. The van der Waals surface area contributed by atoms with Crippen LogP contribution in [0.3, 0.4) is 0 Å². The van der Waals surface area contributed by atoms with Crippen LogP contribution in [0.15, 0.2) is 42.0 Å². The number of urea groups is 1. The van der Waals surface area contributed by atoms with Crippen LogP contribution < -0.4 is 15.5 Å². The van der Waals surface area contributed by atoms with Crippen LogP contribution >= 0.6 is 0 Å². The Morgan fingerprint density at radius 2 is 1.74 bits per heavy atom. The summed E-state index contributed by atoms with van der Waals surface area (Å²) in [7, 11) is 0. The molecule has 1 aliphatic heterocycles. The summed E-state index contributed by atoms with van der Waals surface area (Å²) in [4.78, 5) is 28.3. The molecule has 1 fully saturated rings. The lowest BCUT2D eigenvalue weighted by Crippen LogP contribution is -2.53. The highest BCUT2D eigenvalue weighted by Gasteiger charge is 2.21. The van der Waals surface area contributed by atoms with Crippen molar-refractivity contribution in [3.8, 4) is 0 Å². The van der Waals surface area contributed by atoms with E-state index < -0.39 is 0 Å². The largest absolute Gasteiger partial charge is 0.368 e.